The molecule has 1 aliphatic rings. The SMILES string of the molecule is CCC(=O)N(c1ccccc1F)C1CCN(CCn2cccn2)CC1C. The second kappa shape index (κ2) is 8.45. The molecule has 1 amide bonds. The number of amides is 1. The van der Waals surface area contributed by atoms with Gasteiger partial charge in [0.25, 0.3) is 0 Å². The predicted molar refractivity (Wildman–Crippen MR) is 100 cm³/mol. The van der Waals surface area contributed by atoms with E-state index in [1.165, 1.54) is 6.07 Å². The minimum Gasteiger partial charge on any atom is -0.306 e. The molecule has 1 aromatic carbocycles. The average Bonchev–Trinajstić information content (AvgIpc) is 3.16. The normalized spacial score (nSPS) is 20.9. The quantitative estimate of drug-likeness (QED) is 0.796. The number of nitrogens with zero attached hydrogens (tertiary/aromatic N) is 4. The fraction of sp³-hybridized carbons (Fsp3) is 0.500. The van der Waals surface area contributed by atoms with Gasteiger partial charge in [-0.25, -0.2) is 4.39 Å². The molecule has 6 heteroatoms. The Morgan fingerprint density at radius 1 is 1.31 bits per heavy atom. The highest BCUT2D eigenvalue weighted by atomic mass is 19.1. The zero-order valence-electron chi connectivity index (χ0n) is 15.5. The largest absolute Gasteiger partial charge is 0.306 e. The Morgan fingerprint density at radius 2 is 2.12 bits per heavy atom. The van der Waals surface area contributed by atoms with Crippen LogP contribution in [0.25, 0.3) is 0 Å². The van der Waals surface area contributed by atoms with Crippen molar-refractivity contribution in [3.05, 3.63) is 48.5 Å². The predicted octanol–water partition coefficient (Wildman–Crippen LogP) is 3.18. The van der Waals surface area contributed by atoms with Crippen molar-refractivity contribution in [1.82, 2.24) is 14.7 Å². The molecule has 0 N–H and O–H groups in total. The maximum absolute atomic E-state index is 14.4. The van der Waals surface area contributed by atoms with Gasteiger partial charge in [-0.3, -0.25) is 9.48 Å². The van der Waals surface area contributed by atoms with Crippen LogP contribution in [0.3, 0.4) is 0 Å². The van der Waals surface area contributed by atoms with Crippen molar-refractivity contribution in [1.29, 1.82) is 0 Å². The highest BCUT2D eigenvalue weighted by Gasteiger charge is 2.34. The molecule has 1 aromatic heterocycles. The van der Waals surface area contributed by atoms with Gasteiger partial charge in [-0.05, 0) is 30.5 Å². The molecule has 2 unspecified atom stereocenters. The maximum Gasteiger partial charge on any atom is 0.227 e. The summed E-state index contributed by atoms with van der Waals surface area (Å²) in [5.74, 6) is -0.0731. The van der Waals surface area contributed by atoms with E-state index in [0.717, 1.165) is 32.6 Å². The highest BCUT2D eigenvalue weighted by Crippen LogP contribution is 2.29. The monoisotopic (exact) mass is 358 g/mol. The van der Waals surface area contributed by atoms with E-state index in [9.17, 15) is 9.18 Å². The lowest BCUT2D eigenvalue weighted by atomic mass is 9.91. The number of aromatic nitrogens is 2. The van der Waals surface area contributed by atoms with Crippen LogP contribution in [0.15, 0.2) is 42.7 Å². The van der Waals surface area contributed by atoms with Gasteiger partial charge < -0.3 is 9.80 Å². The minimum atomic E-state index is -0.331. The molecule has 0 radical (unpaired) electrons. The van der Waals surface area contributed by atoms with Crippen LogP contribution in [-0.4, -0.2) is 46.3 Å². The number of rotatable bonds is 6. The average molecular weight is 358 g/mol. The third-order valence-corrected chi connectivity index (χ3v) is 5.16. The molecular weight excluding hydrogens is 331 g/mol. The Morgan fingerprint density at radius 3 is 2.77 bits per heavy atom. The Bertz CT molecular complexity index is 718. The number of anilines is 1. The summed E-state index contributed by atoms with van der Waals surface area (Å²) in [5.41, 5.74) is 0.404. The maximum atomic E-state index is 14.4. The van der Waals surface area contributed by atoms with Crippen molar-refractivity contribution < 1.29 is 9.18 Å². The molecule has 5 nitrogen and oxygen atoms in total. The number of likely N-dealkylation sites (tertiary alicyclic amines) is 1. The molecule has 0 aliphatic carbocycles. The lowest BCUT2D eigenvalue weighted by Crippen LogP contribution is -2.53. The van der Waals surface area contributed by atoms with E-state index < -0.39 is 0 Å². The van der Waals surface area contributed by atoms with Crippen molar-refractivity contribution >= 4 is 11.6 Å². The number of carbonyl (C=O) groups is 1. The zero-order valence-corrected chi connectivity index (χ0v) is 15.5. The smallest absolute Gasteiger partial charge is 0.227 e. The van der Waals surface area contributed by atoms with Crippen LogP contribution in [0.5, 0.6) is 0 Å². The Hall–Kier alpha value is -2.21. The third-order valence-electron chi connectivity index (χ3n) is 5.16. The van der Waals surface area contributed by atoms with Gasteiger partial charge in [0.05, 0.1) is 12.2 Å². The van der Waals surface area contributed by atoms with Crippen LogP contribution < -0.4 is 4.90 Å². The number of para-hydroxylation sites is 1. The summed E-state index contributed by atoms with van der Waals surface area (Å²) in [6.07, 6.45) is 4.98. The summed E-state index contributed by atoms with van der Waals surface area (Å²) in [7, 11) is 0. The number of piperidine rings is 1. The van der Waals surface area contributed by atoms with Gasteiger partial charge in [-0.15, -0.1) is 0 Å². The molecule has 1 saturated heterocycles. The zero-order chi connectivity index (χ0) is 18.5. The van der Waals surface area contributed by atoms with E-state index in [0.29, 0.717) is 12.1 Å². The summed E-state index contributed by atoms with van der Waals surface area (Å²) >= 11 is 0. The van der Waals surface area contributed by atoms with Crippen LogP contribution in [-0.2, 0) is 11.3 Å². The first-order valence-electron chi connectivity index (χ1n) is 9.36. The van der Waals surface area contributed by atoms with Crippen LogP contribution >= 0.6 is 0 Å². The molecule has 3 rings (SSSR count). The second-order valence-electron chi connectivity index (χ2n) is 6.97. The van der Waals surface area contributed by atoms with E-state index in [2.05, 4.69) is 16.9 Å². The van der Waals surface area contributed by atoms with Gasteiger partial charge in [0.15, 0.2) is 0 Å². The van der Waals surface area contributed by atoms with Gasteiger partial charge in [0.1, 0.15) is 5.82 Å². The number of benzene rings is 1. The molecule has 26 heavy (non-hydrogen) atoms. The molecule has 0 saturated carbocycles. The third kappa shape index (κ3) is 4.12. The number of hydrogen-bond acceptors (Lipinski definition) is 3. The van der Waals surface area contributed by atoms with Crippen molar-refractivity contribution in [2.24, 2.45) is 5.92 Å². The first-order valence-corrected chi connectivity index (χ1v) is 9.36. The van der Waals surface area contributed by atoms with E-state index in [1.807, 2.05) is 23.9 Å². The molecule has 2 atom stereocenters. The van der Waals surface area contributed by atoms with E-state index in [-0.39, 0.29) is 23.7 Å². The second-order valence-corrected chi connectivity index (χ2v) is 6.97. The summed E-state index contributed by atoms with van der Waals surface area (Å²) in [6, 6.07) is 8.54. The molecule has 1 fully saturated rings. The van der Waals surface area contributed by atoms with Crippen LogP contribution in [0, 0.1) is 11.7 Å². The van der Waals surface area contributed by atoms with Gasteiger partial charge in [-0.1, -0.05) is 26.0 Å². The van der Waals surface area contributed by atoms with E-state index in [1.54, 1.807) is 29.3 Å². The van der Waals surface area contributed by atoms with Crippen LogP contribution in [0.4, 0.5) is 10.1 Å². The molecular formula is C20H27FN4O. The van der Waals surface area contributed by atoms with E-state index in [4.69, 9.17) is 0 Å². The molecule has 140 valence electrons. The molecule has 0 spiro atoms. The number of carbonyl (C=O) groups excluding carboxylic acids is 1. The number of halogens is 1. The Kier molecular flexibility index (Phi) is 6.04. The van der Waals surface area contributed by atoms with Crippen molar-refractivity contribution in [2.45, 2.75) is 39.3 Å². The Labute approximate surface area is 154 Å². The Balaban J connectivity index is 1.69. The number of hydrogen-bond donors (Lipinski definition) is 0. The van der Waals surface area contributed by atoms with Crippen molar-refractivity contribution in [3.8, 4) is 0 Å². The topological polar surface area (TPSA) is 41.4 Å². The summed E-state index contributed by atoms with van der Waals surface area (Å²) in [5, 5.41) is 4.24. The summed E-state index contributed by atoms with van der Waals surface area (Å²) < 4.78 is 16.3. The van der Waals surface area contributed by atoms with Crippen LogP contribution in [0.1, 0.15) is 26.7 Å². The minimum absolute atomic E-state index is 0.0167. The molecule has 2 aromatic rings. The standard InChI is InChI=1S/C20H27FN4O/c1-3-20(26)25(19-8-5-4-7-17(19)21)18-9-12-23(15-16(18)2)13-14-24-11-6-10-22-24/h4-8,10-11,16,18H,3,9,12-15H2,1-2H3. The van der Waals surface area contributed by atoms with Crippen LogP contribution in [0.2, 0.25) is 0 Å². The highest BCUT2D eigenvalue weighted by molar-refractivity contribution is 5.94. The lowest BCUT2D eigenvalue weighted by Gasteiger charge is -2.42. The fourth-order valence-electron chi connectivity index (χ4n) is 3.80. The molecule has 1 aliphatic heterocycles. The van der Waals surface area contributed by atoms with Gasteiger partial charge >= 0.3 is 0 Å². The summed E-state index contributed by atoms with van der Waals surface area (Å²) in [4.78, 5) is 16.7. The van der Waals surface area contributed by atoms with Gasteiger partial charge in [0.2, 0.25) is 5.91 Å². The van der Waals surface area contributed by atoms with Gasteiger partial charge in [-0.2, -0.15) is 5.10 Å². The first-order chi connectivity index (χ1) is 12.6. The molecule has 2 heterocycles. The van der Waals surface area contributed by atoms with Gasteiger partial charge in [0, 0.05) is 44.5 Å². The lowest BCUT2D eigenvalue weighted by molar-refractivity contribution is -0.119. The summed E-state index contributed by atoms with van der Waals surface area (Å²) in [6.45, 7) is 7.57. The van der Waals surface area contributed by atoms with E-state index >= 15 is 0 Å². The fourth-order valence-corrected chi connectivity index (χ4v) is 3.80. The van der Waals surface area contributed by atoms with Crippen molar-refractivity contribution in [2.75, 3.05) is 24.5 Å². The first kappa shape index (κ1) is 18.6. The molecule has 0 bridgehead atoms. The van der Waals surface area contributed by atoms with Crippen molar-refractivity contribution in [3.63, 3.8) is 0 Å².